The van der Waals surface area contributed by atoms with Crippen molar-refractivity contribution in [1.82, 2.24) is 0 Å². The van der Waals surface area contributed by atoms with Crippen LogP contribution in [-0.4, -0.2) is 18.7 Å². The van der Waals surface area contributed by atoms with E-state index in [1.165, 1.54) is 5.69 Å². The summed E-state index contributed by atoms with van der Waals surface area (Å²) in [7, 11) is -2.58. The predicted octanol–water partition coefficient (Wildman–Crippen LogP) is 4.26. The van der Waals surface area contributed by atoms with Crippen molar-refractivity contribution >= 4 is 23.4 Å². The first-order valence-electron chi connectivity index (χ1n) is 8.05. The number of anilines is 1. The van der Waals surface area contributed by atoms with Gasteiger partial charge >= 0.3 is 0 Å². The Bertz CT molecular complexity index is 630. The molecule has 118 valence electrons. The van der Waals surface area contributed by atoms with Crippen molar-refractivity contribution in [2.24, 2.45) is 0 Å². The van der Waals surface area contributed by atoms with E-state index in [9.17, 15) is 4.57 Å². The van der Waals surface area contributed by atoms with Crippen molar-refractivity contribution < 1.29 is 4.57 Å². The molecule has 0 aliphatic rings. The zero-order valence-electron chi connectivity index (χ0n) is 14.0. The molecular formula is C19H26NOP. The van der Waals surface area contributed by atoms with Crippen LogP contribution >= 0.6 is 7.14 Å². The standard InChI is InChI=1S/C19H26NOP/c1-5-20(6-2)17-12-14-19(15-13-17)22(21,16(3)4)18-10-8-7-9-11-18/h7-16H,5-6H2,1-4H3. The Hall–Kier alpha value is -1.53. The normalized spacial score (nSPS) is 13.9. The molecule has 3 heteroatoms. The molecule has 2 aromatic rings. The van der Waals surface area contributed by atoms with Crippen LogP contribution in [0.25, 0.3) is 0 Å². The summed E-state index contributed by atoms with van der Waals surface area (Å²) in [5, 5.41) is 1.89. The van der Waals surface area contributed by atoms with Gasteiger partial charge in [0.15, 0.2) is 0 Å². The van der Waals surface area contributed by atoms with Crippen LogP contribution in [0.1, 0.15) is 27.7 Å². The highest BCUT2D eigenvalue weighted by Crippen LogP contribution is 2.48. The van der Waals surface area contributed by atoms with E-state index < -0.39 is 7.14 Å². The van der Waals surface area contributed by atoms with Crippen molar-refractivity contribution in [1.29, 1.82) is 0 Å². The molecule has 1 atom stereocenters. The fourth-order valence-corrected chi connectivity index (χ4v) is 5.57. The quantitative estimate of drug-likeness (QED) is 0.743. The van der Waals surface area contributed by atoms with Crippen LogP contribution in [0.15, 0.2) is 54.6 Å². The Balaban J connectivity index is 2.45. The molecule has 2 rings (SSSR count). The maximum Gasteiger partial charge on any atom is 0.145 e. The lowest BCUT2D eigenvalue weighted by molar-refractivity contribution is 0.581. The van der Waals surface area contributed by atoms with Crippen LogP contribution < -0.4 is 15.5 Å². The molecule has 0 heterocycles. The van der Waals surface area contributed by atoms with Crippen molar-refractivity contribution in [3.8, 4) is 0 Å². The molecule has 0 radical (unpaired) electrons. The second kappa shape index (κ2) is 7.15. The summed E-state index contributed by atoms with van der Waals surface area (Å²) >= 11 is 0. The van der Waals surface area contributed by atoms with Gasteiger partial charge < -0.3 is 9.46 Å². The zero-order valence-corrected chi connectivity index (χ0v) is 14.9. The van der Waals surface area contributed by atoms with Crippen LogP contribution in [0.5, 0.6) is 0 Å². The fourth-order valence-electron chi connectivity index (χ4n) is 2.87. The third-order valence-electron chi connectivity index (χ3n) is 4.23. The van der Waals surface area contributed by atoms with Crippen LogP contribution in [0.3, 0.4) is 0 Å². The third-order valence-corrected chi connectivity index (χ3v) is 7.81. The zero-order chi connectivity index (χ0) is 16.2. The lowest BCUT2D eigenvalue weighted by Gasteiger charge is -2.25. The Morgan fingerprint density at radius 3 is 1.82 bits per heavy atom. The Labute approximate surface area is 134 Å². The summed E-state index contributed by atoms with van der Waals surface area (Å²) in [5.74, 6) is 0. The van der Waals surface area contributed by atoms with Crippen LogP contribution in [-0.2, 0) is 4.57 Å². The van der Waals surface area contributed by atoms with Crippen molar-refractivity contribution in [2.75, 3.05) is 18.0 Å². The Morgan fingerprint density at radius 2 is 1.36 bits per heavy atom. The van der Waals surface area contributed by atoms with Gasteiger partial charge in [0.2, 0.25) is 0 Å². The molecule has 0 aliphatic heterocycles. The lowest BCUT2D eigenvalue weighted by atomic mass is 10.3. The average Bonchev–Trinajstić information content (AvgIpc) is 2.56. The van der Waals surface area contributed by atoms with Gasteiger partial charge in [-0.15, -0.1) is 0 Å². The summed E-state index contributed by atoms with van der Waals surface area (Å²) in [5.41, 5.74) is 1.28. The highest BCUT2D eigenvalue weighted by molar-refractivity contribution is 7.79. The molecule has 0 saturated heterocycles. The highest BCUT2D eigenvalue weighted by atomic mass is 31.2. The van der Waals surface area contributed by atoms with Gasteiger partial charge in [-0.05, 0) is 38.1 Å². The number of rotatable bonds is 6. The van der Waals surface area contributed by atoms with E-state index in [2.05, 4.69) is 30.9 Å². The predicted molar refractivity (Wildman–Crippen MR) is 98.5 cm³/mol. The number of benzene rings is 2. The topological polar surface area (TPSA) is 20.3 Å². The molecule has 0 saturated carbocycles. The summed E-state index contributed by atoms with van der Waals surface area (Å²) in [6.45, 7) is 10.4. The van der Waals surface area contributed by atoms with Gasteiger partial charge in [-0.3, -0.25) is 0 Å². The molecule has 1 unspecified atom stereocenters. The summed E-state index contributed by atoms with van der Waals surface area (Å²) in [4.78, 5) is 2.30. The van der Waals surface area contributed by atoms with E-state index in [4.69, 9.17) is 0 Å². The molecule has 2 nitrogen and oxygen atoms in total. The van der Waals surface area contributed by atoms with E-state index in [-0.39, 0.29) is 5.66 Å². The third kappa shape index (κ3) is 3.13. The van der Waals surface area contributed by atoms with Gasteiger partial charge in [-0.1, -0.05) is 44.2 Å². The van der Waals surface area contributed by atoms with Crippen molar-refractivity contribution in [3.63, 3.8) is 0 Å². The molecular weight excluding hydrogens is 289 g/mol. The van der Waals surface area contributed by atoms with E-state index >= 15 is 0 Å². The van der Waals surface area contributed by atoms with E-state index in [1.54, 1.807) is 0 Å². The summed E-state index contributed by atoms with van der Waals surface area (Å²) < 4.78 is 13.7. The number of hydrogen-bond donors (Lipinski definition) is 0. The molecule has 0 spiro atoms. The van der Waals surface area contributed by atoms with E-state index in [1.807, 2.05) is 56.3 Å². The fraction of sp³-hybridized carbons (Fsp3) is 0.368. The van der Waals surface area contributed by atoms with Gasteiger partial charge in [-0.25, -0.2) is 0 Å². The van der Waals surface area contributed by atoms with Gasteiger partial charge in [0.05, 0.1) is 0 Å². The van der Waals surface area contributed by atoms with Crippen LogP contribution in [0, 0.1) is 0 Å². The minimum atomic E-state index is -2.58. The average molecular weight is 315 g/mol. The van der Waals surface area contributed by atoms with E-state index in [0.717, 1.165) is 23.7 Å². The van der Waals surface area contributed by atoms with Crippen molar-refractivity contribution in [3.05, 3.63) is 54.6 Å². The number of nitrogens with zero attached hydrogens (tertiary/aromatic N) is 1. The first-order valence-corrected chi connectivity index (χ1v) is 9.82. The van der Waals surface area contributed by atoms with Gasteiger partial charge in [0.25, 0.3) is 0 Å². The van der Waals surface area contributed by atoms with Crippen LogP contribution in [0.4, 0.5) is 5.69 Å². The Morgan fingerprint density at radius 1 is 0.864 bits per heavy atom. The monoisotopic (exact) mass is 315 g/mol. The van der Waals surface area contributed by atoms with E-state index in [0.29, 0.717) is 0 Å². The van der Waals surface area contributed by atoms with Crippen molar-refractivity contribution in [2.45, 2.75) is 33.4 Å². The molecule has 0 aliphatic carbocycles. The first-order chi connectivity index (χ1) is 10.5. The first kappa shape index (κ1) is 16.8. The van der Waals surface area contributed by atoms with Gasteiger partial charge in [-0.2, -0.15) is 0 Å². The minimum absolute atomic E-state index is 0.0919. The highest BCUT2D eigenvalue weighted by Gasteiger charge is 2.30. The molecule has 22 heavy (non-hydrogen) atoms. The van der Waals surface area contributed by atoms with Crippen LogP contribution in [0.2, 0.25) is 0 Å². The molecule has 0 N–H and O–H groups in total. The smallest absolute Gasteiger partial charge is 0.145 e. The maximum atomic E-state index is 13.7. The van der Waals surface area contributed by atoms with Gasteiger partial charge in [0, 0.05) is 35.0 Å². The van der Waals surface area contributed by atoms with Gasteiger partial charge in [0.1, 0.15) is 7.14 Å². The lowest BCUT2D eigenvalue weighted by Crippen LogP contribution is -2.24. The Kier molecular flexibility index (Phi) is 5.47. The molecule has 2 aromatic carbocycles. The second-order valence-corrected chi connectivity index (χ2v) is 9.16. The molecule has 0 amide bonds. The summed E-state index contributed by atoms with van der Waals surface area (Å²) in [6.07, 6.45) is 0. The minimum Gasteiger partial charge on any atom is -0.372 e. The molecule has 0 aromatic heterocycles. The largest absolute Gasteiger partial charge is 0.372 e. The SMILES string of the molecule is CCN(CC)c1ccc(P(=O)(c2ccccc2)C(C)C)cc1. The molecule has 0 bridgehead atoms. The second-order valence-electron chi connectivity index (χ2n) is 5.78. The molecule has 0 fully saturated rings. The maximum absolute atomic E-state index is 13.7. The number of hydrogen-bond acceptors (Lipinski definition) is 2. The summed E-state index contributed by atoms with van der Waals surface area (Å²) in [6, 6.07) is 18.2.